The summed E-state index contributed by atoms with van der Waals surface area (Å²) in [5, 5.41) is 0.000882. The third-order valence-corrected chi connectivity index (χ3v) is 5.04. The highest BCUT2D eigenvalue weighted by molar-refractivity contribution is 6.30. The summed E-state index contributed by atoms with van der Waals surface area (Å²) in [6, 6.07) is 11.5. The zero-order valence-corrected chi connectivity index (χ0v) is 14.4. The van der Waals surface area contributed by atoms with Crippen LogP contribution in [0.4, 0.5) is 4.39 Å². The lowest BCUT2D eigenvalue weighted by atomic mass is 9.79. The van der Waals surface area contributed by atoms with Crippen LogP contribution < -0.4 is 4.74 Å². The van der Waals surface area contributed by atoms with Gasteiger partial charge in [-0.2, -0.15) is 0 Å². The minimum atomic E-state index is -0.608. The molecule has 0 bridgehead atoms. The molecule has 0 unspecified atom stereocenters. The van der Waals surface area contributed by atoms with Crippen LogP contribution in [0.25, 0.3) is 0 Å². The molecule has 4 heteroatoms. The summed E-state index contributed by atoms with van der Waals surface area (Å²) in [6.45, 7) is 2.30. The van der Waals surface area contributed by atoms with Crippen LogP contribution in [0, 0.1) is 11.7 Å². The van der Waals surface area contributed by atoms with Crippen molar-refractivity contribution in [3.05, 3.63) is 64.4 Å². The quantitative estimate of drug-likeness (QED) is 0.504. The van der Waals surface area contributed by atoms with Gasteiger partial charge in [0.2, 0.25) is 0 Å². The lowest BCUT2D eigenvalue weighted by molar-refractivity contribution is 0.0734. The number of hydrogen-bond donors (Lipinski definition) is 0. The molecule has 0 spiro atoms. The molecule has 0 heterocycles. The summed E-state index contributed by atoms with van der Waals surface area (Å²) < 4.78 is 18.6. The van der Waals surface area contributed by atoms with Gasteiger partial charge in [0.25, 0.3) is 0 Å². The van der Waals surface area contributed by atoms with E-state index in [4.69, 9.17) is 16.3 Å². The van der Waals surface area contributed by atoms with Gasteiger partial charge in [-0.25, -0.2) is 9.18 Å². The van der Waals surface area contributed by atoms with E-state index in [0.29, 0.717) is 11.5 Å². The number of hydrogen-bond acceptors (Lipinski definition) is 2. The molecule has 2 aromatic rings. The Bertz CT molecular complexity index is 719. The maximum Gasteiger partial charge on any atom is 0.343 e. The molecule has 1 aliphatic carbocycles. The van der Waals surface area contributed by atoms with Crippen molar-refractivity contribution in [3.8, 4) is 5.75 Å². The lowest BCUT2D eigenvalue weighted by Gasteiger charge is -2.26. The normalized spacial score (nSPS) is 20.6. The van der Waals surface area contributed by atoms with E-state index in [1.54, 1.807) is 12.1 Å². The standard InChI is InChI=1S/C20H20ClFO2/c1-13-2-4-14(5-3-13)15-6-8-16(9-7-15)20(23)24-17-10-11-18(21)19(22)12-17/h6-14H,2-5H2,1H3. The van der Waals surface area contributed by atoms with Crippen molar-refractivity contribution in [2.75, 3.05) is 0 Å². The molecule has 0 N–H and O–H groups in total. The van der Waals surface area contributed by atoms with Crippen molar-refractivity contribution in [1.82, 2.24) is 0 Å². The molecule has 0 radical (unpaired) electrons. The van der Waals surface area contributed by atoms with E-state index in [1.165, 1.54) is 43.4 Å². The first kappa shape index (κ1) is 17.0. The zero-order chi connectivity index (χ0) is 17.1. The van der Waals surface area contributed by atoms with Gasteiger partial charge in [0, 0.05) is 6.07 Å². The molecule has 1 fully saturated rings. The maximum absolute atomic E-state index is 13.4. The van der Waals surface area contributed by atoms with Crippen LogP contribution >= 0.6 is 11.6 Å². The highest BCUT2D eigenvalue weighted by Crippen LogP contribution is 2.35. The van der Waals surface area contributed by atoms with E-state index in [0.717, 1.165) is 12.0 Å². The highest BCUT2D eigenvalue weighted by atomic mass is 35.5. The molecule has 0 aromatic heterocycles. The van der Waals surface area contributed by atoms with Crippen molar-refractivity contribution in [3.63, 3.8) is 0 Å². The predicted octanol–water partition coefficient (Wildman–Crippen LogP) is 5.99. The number of ether oxygens (including phenoxy) is 1. The molecule has 24 heavy (non-hydrogen) atoms. The van der Waals surface area contributed by atoms with Crippen LogP contribution in [0.5, 0.6) is 5.75 Å². The maximum atomic E-state index is 13.4. The first-order valence-electron chi connectivity index (χ1n) is 8.30. The van der Waals surface area contributed by atoms with Crippen molar-refractivity contribution < 1.29 is 13.9 Å². The first-order valence-corrected chi connectivity index (χ1v) is 8.68. The largest absolute Gasteiger partial charge is 0.423 e. The second-order valence-corrected chi connectivity index (χ2v) is 6.95. The summed E-state index contributed by atoms with van der Waals surface area (Å²) in [6.07, 6.45) is 4.93. The van der Waals surface area contributed by atoms with Crippen molar-refractivity contribution >= 4 is 17.6 Å². The third kappa shape index (κ3) is 3.96. The topological polar surface area (TPSA) is 26.3 Å². The Morgan fingerprint density at radius 3 is 2.38 bits per heavy atom. The molecule has 126 valence electrons. The molecule has 2 aromatic carbocycles. The summed E-state index contributed by atoms with van der Waals surface area (Å²) in [5.41, 5.74) is 1.73. The van der Waals surface area contributed by atoms with Crippen LogP contribution in [-0.4, -0.2) is 5.97 Å². The minimum absolute atomic E-state index is 0.000882. The van der Waals surface area contributed by atoms with Crippen LogP contribution in [0.1, 0.15) is 54.4 Å². The number of rotatable bonds is 3. The fraction of sp³-hybridized carbons (Fsp3) is 0.350. The first-order chi connectivity index (χ1) is 11.5. The van der Waals surface area contributed by atoms with Gasteiger partial charge in [0.1, 0.15) is 11.6 Å². The zero-order valence-electron chi connectivity index (χ0n) is 13.6. The Morgan fingerprint density at radius 1 is 1.08 bits per heavy atom. The smallest absolute Gasteiger partial charge is 0.343 e. The van der Waals surface area contributed by atoms with Crippen molar-refractivity contribution in [1.29, 1.82) is 0 Å². The predicted molar refractivity (Wildman–Crippen MR) is 93.2 cm³/mol. The van der Waals surface area contributed by atoms with Gasteiger partial charge in [-0.1, -0.05) is 43.5 Å². The summed E-state index contributed by atoms with van der Waals surface area (Å²) >= 11 is 5.62. The van der Waals surface area contributed by atoms with Crippen molar-refractivity contribution in [2.45, 2.75) is 38.5 Å². The van der Waals surface area contributed by atoms with Gasteiger partial charge >= 0.3 is 5.97 Å². The monoisotopic (exact) mass is 346 g/mol. The Labute approximate surface area is 146 Å². The van der Waals surface area contributed by atoms with Gasteiger partial charge in [-0.15, -0.1) is 0 Å². The van der Waals surface area contributed by atoms with Crippen LogP contribution in [0.2, 0.25) is 5.02 Å². The van der Waals surface area contributed by atoms with Crippen molar-refractivity contribution in [2.24, 2.45) is 5.92 Å². The Hall–Kier alpha value is -1.87. The van der Waals surface area contributed by atoms with Gasteiger partial charge < -0.3 is 4.74 Å². The SMILES string of the molecule is CC1CCC(c2ccc(C(=O)Oc3ccc(Cl)c(F)c3)cc2)CC1. The summed E-state index contributed by atoms with van der Waals surface area (Å²) in [5.74, 6) is 0.434. The molecular formula is C20H20ClFO2. The number of carbonyl (C=O) groups is 1. The van der Waals surface area contributed by atoms with E-state index < -0.39 is 11.8 Å². The van der Waals surface area contributed by atoms with E-state index in [2.05, 4.69) is 6.92 Å². The highest BCUT2D eigenvalue weighted by Gasteiger charge is 2.20. The number of esters is 1. The van der Waals surface area contributed by atoms with E-state index in [-0.39, 0.29) is 10.8 Å². The molecular weight excluding hydrogens is 327 g/mol. The molecule has 0 saturated heterocycles. The van der Waals surface area contributed by atoms with Gasteiger partial charge in [0.05, 0.1) is 10.6 Å². The number of benzene rings is 2. The van der Waals surface area contributed by atoms with Gasteiger partial charge in [0.15, 0.2) is 0 Å². The van der Waals surface area contributed by atoms with E-state index in [9.17, 15) is 9.18 Å². The second kappa shape index (κ2) is 7.35. The van der Waals surface area contributed by atoms with E-state index in [1.807, 2.05) is 12.1 Å². The fourth-order valence-corrected chi connectivity index (χ4v) is 3.31. The number of halogens is 2. The second-order valence-electron chi connectivity index (χ2n) is 6.54. The Kier molecular flexibility index (Phi) is 5.20. The third-order valence-electron chi connectivity index (χ3n) is 4.74. The summed E-state index contributed by atoms with van der Waals surface area (Å²) in [4.78, 5) is 12.2. The molecule has 0 amide bonds. The summed E-state index contributed by atoms with van der Waals surface area (Å²) in [7, 11) is 0. The molecule has 0 atom stereocenters. The fourth-order valence-electron chi connectivity index (χ4n) is 3.19. The Balaban J connectivity index is 1.66. The minimum Gasteiger partial charge on any atom is -0.423 e. The molecule has 1 saturated carbocycles. The molecule has 0 aliphatic heterocycles. The molecule has 2 nitrogen and oxygen atoms in total. The van der Waals surface area contributed by atoms with Gasteiger partial charge in [-0.05, 0) is 54.5 Å². The van der Waals surface area contributed by atoms with Crippen LogP contribution in [-0.2, 0) is 0 Å². The van der Waals surface area contributed by atoms with Crippen LogP contribution in [0.15, 0.2) is 42.5 Å². The lowest BCUT2D eigenvalue weighted by Crippen LogP contribution is -2.12. The van der Waals surface area contributed by atoms with Crippen LogP contribution in [0.3, 0.4) is 0 Å². The van der Waals surface area contributed by atoms with Gasteiger partial charge in [-0.3, -0.25) is 0 Å². The molecule has 1 aliphatic rings. The average Bonchev–Trinajstić information content (AvgIpc) is 2.59. The van der Waals surface area contributed by atoms with E-state index >= 15 is 0 Å². The molecule has 3 rings (SSSR count). The number of carbonyl (C=O) groups excluding carboxylic acids is 1. The average molecular weight is 347 g/mol. The Morgan fingerprint density at radius 2 is 1.75 bits per heavy atom.